The molecule has 22 heavy (non-hydrogen) atoms. The highest BCUT2D eigenvalue weighted by Gasteiger charge is 2.42. The van der Waals surface area contributed by atoms with Gasteiger partial charge in [0.05, 0.1) is 12.8 Å². The molecular formula is C12H20N2O8. The lowest BCUT2D eigenvalue weighted by molar-refractivity contribution is -0.175. The average molecular weight is 320 g/mol. The fourth-order valence-corrected chi connectivity index (χ4v) is 1.55. The summed E-state index contributed by atoms with van der Waals surface area (Å²) in [5.41, 5.74) is 7.88. The number of esters is 2. The van der Waals surface area contributed by atoms with Gasteiger partial charge in [0.25, 0.3) is 0 Å². The van der Waals surface area contributed by atoms with E-state index in [1.807, 2.05) is 0 Å². The summed E-state index contributed by atoms with van der Waals surface area (Å²) < 4.78 is 4.32. The molecule has 0 aromatic rings. The third-order valence-electron chi connectivity index (χ3n) is 2.76. The van der Waals surface area contributed by atoms with Crippen molar-refractivity contribution in [2.24, 2.45) is 11.5 Å². The van der Waals surface area contributed by atoms with Crippen LogP contribution in [0.5, 0.6) is 0 Å². The van der Waals surface area contributed by atoms with Crippen molar-refractivity contribution in [1.29, 1.82) is 0 Å². The summed E-state index contributed by atoms with van der Waals surface area (Å²) in [6, 6.07) is -1.09. The summed E-state index contributed by atoms with van der Waals surface area (Å²) in [7, 11) is 0. The Morgan fingerprint density at radius 3 is 2.14 bits per heavy atom. The summed E-state index contributed by atoms with van der Waals surface area (Å²) >= 11 is 0. The van der Waals surface area contributed by atoms with Crippen LogP contribution in [-0.2, 0) is 23.9 Å². The van der Waals surface area contributed by atoms with Gasteiger partial charge in [0.15, 0.2) is 5.60 Å². The topological polar surface area (TPSA) is 190 Å². The monoisotopic (exact) mass is 320 g/mol. The van der Waals surface area contributed by atoms with E-state index in [-0.39, 0.29) is 6.42 Å². The van der Waals surface area contributed by atoms with Gasteiger partial charge >= 0.3 is 23.9 Å². The standard InChI is InChI=1S/C12H20N2O8/c13-4-2-1-3-7(14)10(18)22-9(17)6-12(21,11(19)20)5-8(15)16/h7,21H,1-6,13-14H2,(H,15,16)(H,19,20)/t7-,12?/m0/s1. The third kappa shape index (κ3) is 7.11. The fraction of sp³-hybridized carbons (Fsp3) is 0.667. The Kier molecular flexibility index (Phi) is 8.23. The van der Waals surface area contributed by atoms with Gasteiger partial charge in [0.2, 0.25) is 0 Å². The van der Waals surface area contributed by atoms with Gasteiger partial charge in [-0.2, -0.15) is 0 Å². The van der Waals surface area contributed by atoms with E-state index >= 15 is 0 Å². The van der Waals surface area contributed by atoms with Gasteiger partial charge < -0.3 is 31.5 Å². The van der Waals surface area contributed by atoms with Gasteiger partial charge in [-0.3, -0.25) is 9.59 Å². The Balaban J connectivity index is 4.55. The molecule has 10 heteroatoms. The molecular weight excluding hydrogens is 300 g/mol. The number of aliphatic carboxylic acids is 2. The van der Waals surface area contributed by atoms with Crippen LogP contribution in [0, 0.1) is 0 Å². The van der Waals surface area contributed by atoms with E-state index in [9.17, 15) is 24.3 Å². The molecule has 0 spiro atoms. The molecule has 0 radical (unpaired) electrons. The Hall–Kier alpha value is -2.04. The van der Waals surface area contributed by atoms with Crippen LogP contribution in [0.4, 0.5) is 0 Å². The second kappa shape index (κ2) is 9.07. The van der Waals surface area contributed by atoms with Crippen LogP contribution < -0.4 is 11.5 Å². The van der Waals surface area contributed by atoms with E-state index in [4.69, 9.17) is 21.7 Å². The van der Waals surface area contributed by atoms with Crippen LogP contribution in [0.2, 0.25) is 0 Å². The molecule has 0 saturated heterocycles. The zero-order valence-corrected chi connectivity index (χ0v) is 11.9. The minimum atomic E-state index is -2.85. The normalized spacial score (nSPS) is 14.7. The summed E-state index contributed by atoms with van der Waals surface area (Å²) in [5.74, 6) is -5.98. The first kappa shape index (κ1) is 20.0. The van der Waals surface area contributed by atoms with Crippen LogP contribution >= 0.6 is 0 Å². The summed E-state index contributed by atoms with van der Waals surface area (Å²) in [6.45, 7) is 0.418. The molecule has 0 aliphatic carbocycles. The zero-order valence-electron chi connectivity index (χ0n) is 11.9. The smallest absolute Gasteiger partial charge is 0.336 e. The molecule has 1 unspecified atom stereocenters. The molecule has 126 valence electrons. The van der Waals surface area contributed by atoms with Gasteiger partial charge in [-0.25, -0.2) is 9.59 Å². The summed E-state index contributed by atoms with van der Waals surface area (Å²) in [6.07, 6.45) is -1.00. The fourth-order valence-electron chi connectivity index (χ4n) is 1.55. The number of unbranched alkanes of at least 4 members (excludes halogenated alkanes) is 1. The molecule has 0 aliphatic rings. The molecule has 0 bridgehead atoms. The predicted octanol–water partition coefficient (Wildman–Crippen LogP) is -1.81. The van der Waals surface area contributed by atoms with Gasteiger partial charge in [-0.15, -0.1) is 0 Å². The van der Waals surface area contributed by atoms with Crippen molar-refractivity contribution in [3.05, 3.63) is 0 Å². The maximum absolute atomic E-state index is 11.5. The van der Waals surface area contributed by atoms with Gasteiger partial charge in [0.1, 0.15) is 6.04 Å². The first-order valence-corrected chi connectivity index (χ1v) is 6.50. The van der Waals surface area contributed by atoms with Crippen LogP contribution in [-0.4, -0.2) is 57.4 Å². The highest BCUT2D eigenvalue weighted by Crippen LogP contribution is 2.17. The van der Waals surface area contributed by atoms with Crippen molar-refractivity contribution in [2.75, 3.05) is 6.54 Å². The Morgan fingerprint density at radius 1 is 1.09 bits per heavy atom. The maximum Gasteiger partial charge on any atom is 0.336 e. The van der Waals surface area contributed by atoms with E-state index < -0.39 is 48.4 Å². The molecule has 10 nitrogen and oxygen atoms in total. The third-order valence-corrected chi connectivity index (χ3v) is 2.76. The molecule has 0 aromatic heterocycles. The lowest BCUT2D eigenvalue weighted by Crippen LogP contribution is -2.44. The molecule has 0 aromatic carbocycles. The molecule has 2 atom stereocenters. The minimum absolute atomic E-state index is 0.224. The predicted molar refractivity (Wildman–Crippen MR) is 71.4 cm³/mol. The number of rotatable bonds is 10. The number of carbonyl (C=O) groups excluding carboxylic acids is 2. The molecule has 0 rings (SSSR count). The second-order valence-electron chi connectivity index (χ2n) is 4.77. The number of aliphatic hydroxyl groups is 1. The Morgan fingerprint density at radius 2 is 1.68 bits per heavy atom. The molecule has 0 saturated carbocycles. The van der Waals surface area contributed by atoms with Crippen molar-refractivity contribution in [3.8, 4) is 0 Å². The SMILES string of the molecule is NCCCC[C@H](N)C(=O)OC(=O)CC(O)(CC(=O)O)C(=O)O. The van der Waals surface area contributed by atoms with Crippen molar-refractivity contribution >= 4 is 23.9 Å². The molecule has 0 aliphatic heterocycles. The highest BCUT2D eigenvalue weighted by atomic mass is 16.6. The number of nitrogens with two attached hydrogens (primary N) is 2. The number of ether oxygens (including phenoxy) is 1. The number of hydrogen-bond donors (Lipinski definition) is 5. The quantitative estimate of drug-likeness (QED) is 0.174. The Labute approximate surface area is 126 Å². The van der Waals surface area contributed by atoms with E-state index in [2.05, 4.69) is 4.74 Å². The average Bonchev–Trinajstić information content (AvgIpc) is 2.37. The number of carbonyl (C=O) groups is 4. The number of carboxylic acid groups (broad SMARTS) is 2. The molecule has 0 amide bonds. The van der Waals surface area contributed by atoms with Crippen molar-refractivity contribution in [1.82, 2.24) is 0 Å². The van der Waals surface area contributed by atoms with E-state index in [0.717, 1.165) is 0 Å². The lowest BCUT2D eigenvalue weighted by atomic mass is 9.96. The van der Waals surface area contributed by atoms with Crippen molar-refractivity contribution in [3.63, 3.8) is 0 Å². The number of hydrogen-bond acceptors (Lipinski definition) is 8. The minimum Gasteiger partial charge on any atom is -0.481 e. The maximum atomic E-state index is 11.5. The van der Waals surface area contributed by atoms with Crippen molar-refractivity contribution in [2.45, 2.75) is 43.7 Å². The summed E-state index contributed by atoms with van der Waals surface area (Å²) in [4.78, 5) is 44.3. The van der Waals surface area contributed by atoms with E-state index in [0.29, 0.717) is 19.4 Å². The first-order valence-electron chi connectivity index (χ1n) is 6.50. The van der Waals surface area contributed by atoms with Crippen LogP contribution in [0.15, 0.2) is 0 Å². The van der Waals surface area contributed by atoms with Crippen LogP contribution in [0.3, 0.4) is 0 Å². The zero-order chi connectivity index (χ0) is 17.3. The van der Waals surface area contributed by atoms with Gasteiger partial charge in [-0.1, -0.05) is 6.42 Å². The summed E-state index contributed by atoms with van der Waals surface area (Å²) in [5, 5.41) is 26.9. The number of carboxylic acids is 2. The largest absolute Gasteiger partial charge is 0.481 e. The van der Waals surface area contributed by atoms with E-state index in [1.165, 1.54) is 0 Å². The lowest BCUT2D eigenvalue weighted by Gasteiger charge is -2.20. The van der Waals surface area contributed by atoms with Crippen LogP contribution in [0.25, 0.3) is 0 Å². The van der Waals surface area contributed by atoms with E-state index in [1.54, 1.807) is 0 Å². The van der Waals surface area contributed by atoms with Gasteiger partial charge in [0, 0.05) is 0 Å². The molecule has 0 fully saturated rings. The second-order valence-corrected chi connectivity index (χ2v) is 4.77. The molecule has 7 N–H and O–H groups in total. The highest BCUT2D eigenvalue weighted by molar-refractivity contribution is 5.93. The van der Waals surface area contributed by atoms with Gasteiger partial charge in [-0.05, 0) is 19.4 Å². The van der Waals surface area contributed by atoms with Crippen molar-refractivity contribution < 1.29 is 39.2 Å². The first-order chi connectivity index (χ1) is 10.1. The Bertz CT molecular complexity index is 439. The van der Waals surface area contributed by atoms with Crippen LogP contribution in [0.1, 0.15) is 32.1 Å². The molecule has 0 heterocycles.